The van der Waals surface area contributed by atoms with Gasteiger partial charge in [-0.3, -0.25) is 9.59 Å². The van der Waals surface area contributed by atoms with Crippen molar-refractivity contribution in [3.05, 3.63) is 90.0 Å². The predicted octanol–water partition coefficient (Wildman–Crippen LogP) is 4.72. The van der Waals surface area contributed by atoms with Crippen LogP contribution in [0.25, 0.3) is 0 Å². The second-order valence-corrected chi connectivity index (χ2v) is 6.42. The number of para-hydroxylation sites is 1. The van der Waals surface area contributed by atoms with Crippen molar-refractivity contribution < 1.29 is 19.1 Å². The van der Waals surface area contributed by atoms with Crippen molar-refractivity contribution in [2.75, 3.05) is 12.4 Å². The number of rotatable bonds is 8. The van der Waals surface area contributed by atoms with Crippen LogP contribution in [0.2, 0.25) is 0 Å². The number of hydrogen-bond donors (Lipinski definition) is 1. The van der Waals surface area contributed by atoms with Crippen LogP contribution < -0.4 is 14.8 Å². The number of methoxy groups -OCH3 is 1. The van der Waals surface area contributed by atoms with Gasteiger partial charge in [0.25, 0.3) is 5.91 Å². The molecule has 5 nitrogen and oxygen atoms in total. The van der Waals surface area contributed by atoms with Gasteiger partial charge in [-0.2, -0.15) is 0 Å². The molecular weight excluding hydrogens is 366 g/mol. The Morgan fingerprint density at radius 2 is 1.48 bits per heavy atom. The number of anilines is 1. The number of ketones is 1. The van der Waals surface area contributed by atoms with Crippen LogP contribution in [0.1, 0.15) is 29.3 Å². The fourth-order valence-electron chi connectivity index (χ4n) is 2.89. The maximum Gasteiger partial charge on any atom is 0.265 e. The summed E-state index contributed by atoms with van der Waals surface area (Å²) in [5, 5.41) is 2.85. The normalized spacial score (nSPS) is 11.4. The van der Waals surface area contributed by atoms with E-state index in [-0.39, 0.29) is 11.7 Å². The molecule has 1 atom stereocenters. The molecule has 0 fully saturated rings. The maximum absolute atomic E-state index is 12.8. The molecule has 5 heteroatoms. The Balaban J connectivity index is 1.76. The molecule has 0 unspecified atom stereocenters. The van der Waals surface area contributed by atoms with E-state index >= 15 is 0 Å². The Kier molecular flexibility index (Phi) is 6.63. The molecule has 1 N–H and O–H groups in total. The zero-order chi connectivity index (χ0) is 20.6. The number of hydrogen-bond acceptors (Lipinski definition) is 4. The van der Waals surface area contributed by atoms with Gasteiger partial charge < -0.3 is 14.8 Å². The topological polar surface area (TPSA) is 64.6 Å². The number of carbonyl (C=O) groups excluding carboxylic acids is 2. The van der Waals surface area contributed by atoms with E-state index < -0.39 is 6.10 Å². The lowest BCUT2D eigenvalue weighted by Gasteiger charge is -2.18. The molecule has 0 aromatic heterocycles. The molecule has 148 valence electrons. The van der Waals surface area contributed by atoms with Gasteiger partial charge >= 0.3 is 0 Å². The standard InChI is InChI=1S/C24H23NO4/c1-3-22(29-19-15-13-18(28-2)14-16-19)24(27)25-21-12-8-7-11-20(21)23(26)17-9-5-4-6-10-17/h4-16,22H,3H2,1-2H3,(H,25,27)/t22-/m1/s1. The van der Waals surface area contributed by atoms with E-state index in [4.69, 9.17) is 9.47 Å². The van der Waals surface area contributed by atoms with Crippen LogP contribution in [-0.2, 0) is 4.79 Å². The van der Waals surface area contributed by atoms with Crippen LogP contribution in [0.4, 0.5) is 5.69 Å². The Morgan fingerprint density at radius 1 is 0.862 bits per heavy atom. The van der Waals surface area contributed by atoms with Gasteiger partial charge in [-0.1, -0.05) is 49.4 Å². The summed E-state index contributed by atoms with van der Waals surface area (Å²) >= 11 is 0. The first-order chi connectivity index (χ1) is 14.1. The summed E-state index contributed by atoms with van der Waals surface area (Å²) in [5.74, 6) is 0.826. The van der Waals surface area contributed by atoms with E-state index in [1.807, 2.05) is 25.1 Å². The summed E-state index contributed by atoms with van der Waals surface area (Å²) in [6.07, 6.45) is -0.213. The molecule has 29 heavy (non-hydrogen) atoms. The van der Waals surface area contributed by atoms with E-state index in [0.717, 1.165) is 0 Å². The van der Waals surface area contributed by atoms with Crippen molar-refractivity contribution in [3.8, 4) is 11.5 Å². The largest absolute Gasteiger partial charge is 0.497 e. The minimum Gasteiger partial charge on any atom is -0.497 e. The molecule has 0 aliphatic heterocycles. The highest BCUT2D eigenvalue weighted by Crippen LogP contribution is 2.22. The molecule has 0 radical (unpaired) electrons. The van der Waals surface area contributed by atoms with Crippen molar-refractivity contribution in [2.45, 2.75) is 19.4 Å². The first kappa shape index (κ1) is 20.1. The van der Waals surface area contributed by atoms with Gasteiger partial charge in [0.1, 0.15) is 11.5 Å². The van der Waals surface area contributed by atoms with Crippen molar-refractivity contribution in [3.63, 3.8) is 0 Å². The highest BCUT2D eigenvalue weighted by atomic mass is 16.5. The number of nitrogens with one attached hydrogen (secondary N) is 1. The molecule has 0 aliphatic rings. The van der Waals surface area contributed by atoms with E-state index in [1.54, 1.807) is 67.8 Å². The Bertz CT molecular complexity index is 968. The SMILES string of the molecule is CC[C@@H](Oc1ccc(OC)cc1)C(=O)Nc1ccccc1C(=O)c1ccccc1. The van der Waals surface area contributed by atoms with E-state index in [9.17, 15) is 9.59 Å². The molecular formula is C24H23NO4. The lowest BCUT2D eigenvalue weighted by molar-refractivity contribution is -0.122. The van der Waals surface area contributed by atoms with Crippen LogP contribution in [0.3, 0.4) is 0 Å². The lowest BCUT2D eigenvalue weighted by atomic mass is 10.0. The van der Waals surface area contributed by atoms with E-state index in [2.05, 4.69) is 5.32 Å². The van der Waals surface area contributed by atoms with Crippen molar-refractivity contribution in [1.82, 2.24) is 0 Å². The maximum atomic E-state index is 12.8. The second kappa shape index (κ2) is 9.55. The summed E-state index contributed by atoms with van der Waals surface area (Å²) in [6.45, 7) is 1.87. The van der Waals surface area contributed by atoms with Crippen LogP contribution >= 0.6 is 0 Å². The smallest absolute Gasteiger partial charge is 0.265 e. The molecule has 0 spiro atoms. The van der Waals surface area contributed by atoms with Gasteiger partial charge in [0.15, 0.2) is 11.9 Å². The molecule has 0 saturated heterocycles. The Labute approximate surface area is 170 Å². The fraction of sp³-hybridized carbons (Fsp3) is 0.167. The summed E-state index contributed by atoms with van der Waals surface area (Å²) in [7, 11) is 1.59. The molecule has 1 amide bonds. The quantitative estimate of drug-likeness (QED) is 0.566. The molecule has 0 heterocycles. The first-order valence-electron chi connectivity index (χ1n) is 9.42. The van der Waals surface area contributed by atoms with Crippen LogP contribution in [-0.4, -0.2) is 24.9 Å². The molecule has 3 rings (SSSR count). The predicted molar refractivity (Wildman–Crippen MR) is 113 cm³/mol. The monoisotopic (exact) mass is 389 g/mol. The van der Waals surface area contributed by atoms with E-state index in [1.165, 1.54) is 0 Å². The van der Waals surface area contributed by atoms with Crippen LogP contribution in [0.15, 0.2) is 78.9 Å². The number of ether oxygens (including phenoxy) is 2. The third-order valence-corrected chi connectivity index (χ3v) is 4.47. The minimum atomic E-state index is -0.691. The van der Waals surface area contributed by atoms with Crippen LogP contribution in [0.5, 0.6) is 11.5 Å². The molecule has 3 aromatic rings. The summed E-state index contributed by atoms with van der Waals surface area (Å²) < 4.78 is 11.0. The lowest BCUT2D eigenvalue weighted by Crippen LogP contribution is -2.32. The first-order valence-corrected chi connectivity index (χ1v) is 9.42. The van der Waals surface area contributed by atoms with Crippen molar-refractivity contribution in [1.29, 1.82) is 0 Å². The summed E-state index contributed by atoms with van der Waals surface area (Å²) in [4.78, 5) is 25.7. The highest BCUT2D eigenvalue weighted by molar-refractivity contribution is 6.14. The Morgan fingerprint density at radius 3 is 2.14 bits per heavy atom. The zero-order valence-corrected chi connectivity index (χ0v) is 16.4. The number of amides is 1. The van der Waals surface area contributed by atoms with Gasteiger partial charge in [-0.15, -0.1) is 0 Å². The average Bonchev–Trinajstić information content (AvgIpc) is 2.78. The summed E-state index contributed by atoms with van der Waals surface area (Å²) in [6, 6.07) is 23.0. The number of benzene rings is 3. The Hall–Kier alpha value is -3.60. The van der Waals surface area contributed by atoms with Crippen LogP contribution in [0, 0.1) is 0 Å². The highest BCUT2D eigenvalue weighted by Gasteiger charge is 2.21. The third kappa shape index (κ3) is 5.02. The molecule has 0 saturated carbocycles. The van der Waals surface area contributed by atoms with Gasteiger partial charge in [0, 0.05) is 11.1 Å². The van der Waals surface area contributed by atoms with Gasteiger partial charge in [-0.05, 0) is 42.8 Å². The third-order valence-electron chi connectivity index (χ3n) is 4.47. The second-order valence-electron chi connectivity index (χ2n) is 6.42. The van der Waals surface area contributed by atoms with Crippen molar-refractivity contribution in [2.24, 2.45) is 0 Å². The van der Waals surface area contributed by atoms with Gasteiger partial charge in [-0.25, -0.2) is 0 Å². The fourth-order valence-corrected chi connectivity index (χ4v) is 2.89. The van der Waals surface area contributed by atoms with Gasteiger partial charge in [0.2, 0.25) is 0 Å². The molecule has 3 aromatic carbocycles. The van der Waals surface area contributed by atoms with E-state index in [0.29, 0.717) is 34.7 Å². The average molecular weight is 389 g/mol. The molecule has 0 bridgehead atoms. The summed E-state index contributed by atoms with van der Waals surface area (Å²) in [5.41, 5.74) is 1.46. The van der Waals surface area contributed by atoms with Gasteiger partial charge in [0.05, 0.1) is 12.8 Å². The minimum absolute atomic E-state index is 0.148. The number of carbonyl (C=O) groups is 2. The van der Waals surface area contributed by atoms with Crippen molar-refractivity contribution >= 4 is 17.4 Å². The molecule has 0 aliphatic carbocycles. The zero-order valence-electron chi connectivity index (χ0n) is 16.4.